The molecule has 2 aromatic rings. The second kappa shape index (κ2) is 12.5. The number of ether oxygens (including phenoxy) is 1. The summed E-state index contributed by atoms with van der Waals surface area (Å²) in [6.07, 6.45) is 7.89. The van der Waals surface area contributed by atoms with Gasteiger partial charge in [0.05, 0.1) is 0 Å². The molecule has 4 atom stereocenters. The van der Waals surface area contributed by atoms with E-state index in [4.69, 9.17) is 27.9 Å². The number of alkyl halides is 2. The lowest BCUT2D eigenvalue weighted by Gasteiger charge is -2.54. The van der Waals surface area contributed by atoms with Crippen LogP contribution < -0.4 is 15.0 Å². The molecule has 0 bridgehead atoms. The van der Waals surface area contributed by atoms with E-state index < -0.39 is 0 Å². The van der Waals surface area contributed by atoms with Crippen LogP contribution in [0.15, 0.2) is 42.5 Å². The third kappa shape index (κ3) is 6.41. The number of benzene rings is 2. The summed E-state index contributed by atoms with van der Waals surface area (Å²) in [5, 5.41) is 3.32. The molecule has 39 heavy (non-hydrogen) atoms. The number of hydrogen-bond donors (Lipinski definition) is 1. The summed E-state index contributed by atoms with van der Waals surface area (Å²) < 4.78 is 5.75. The van der Waals surface area contributed by atoms with Crippen molar-refractivity contribution >= 4 is 40.8 Å². The Balaban J connectivity index is 1.13. The number of amides is 1. The van der Waals surface area contributed by atoms with E-state index in [0.717, 1.165) is 63.7 Å². The van der Waals surface area contributed by atoms with E-state index in [-0.39, 0.29) is 17.4 Å². The Morgan fingerprint density at radius 1 is 1.05 bits per heavy atom. The molecule has 1 saturated heterocycles. The number of hydrogen-bond acceptors (Lipinski definition) is 4. The first-order chi connectivity index (χ1) is 18.9. The number of rotatable bonds is 10. The van der Waals surface area contributed by atoms with Gasteiger partial charge in [0.25, 0.3) is 0 Å². The molecule has 210 valence electrons. The lowest BCUT2D eigenvalue weighted by Crippen LogP contribution is -2.60. The highest BCUT2D eigenvalue weighted by atomic mass is 35.5. The third-order valence-corrected chi connectivity index (χ3v) is 9.62. The predicted octanol–water partition coefficient (Wildman–Crippen LogP) is 6.62. The molecule has 1 aliphatic heterocycles. The van der Waals surface area contributed by atoms with Gasteiger partial charge < -0.3 is 15.0 Å². The topological polar surface area (TPSA) is 58.6 Å². The minimum absolute atomic E-state index is 0.0552. The lowest BCUT2D eigenvalue weighted by atomic mass is 9.55. The van der Waals surface area contributed by atoms with Crippen LogP contribution in [0.5, 0.6) is 5.75 Å². The van der Waals surface area contributed by atoms with Gasteiger partial charge in [0.15, 0.2) is 0 Å². The summed E-state index contributed by atoms with van der Waals surface area (Å²) >= 11 is 11.8. The zero-order valence-corrected chi connectivity index (χ0v) is 24.4. The molecular formula is C32H40Cl2N2O3. The van der Waals surface area contributed by atoms with Crippen molar-refractivity contribution in [2.75, 3.05) is 29.7 Å². The first kappa shape index (κ1) is 28.3. The molecule has 0 spiro atoms. The highest BCUT2D eigenvalue weighted by Crippen LogP contribution is 2.53. The zero-order valence-electron chi connectivity index (χ0n) is 22.9. The van der Waals surface area contributed by atoms with Crippen LogP contribution in [0, 0.1) is 11.8 Å². The van der Waals surface area contributed by atoms with Crippen molar-refractivity contribution in [2.45, 2.75) is 76.2 Å². The maximum atomic E-state index is 12.6. The van der Waals surface area contributed by atoms with Gasteiger partial charge in [-0.1, -0.05) is 18.2 Å². The molecule has 1 N–H and O–H groups in total. The minimum Gasteiger partial charge on any atom is -0.427 e. The van der Waals surface area contributed by atoms with Gasteiger partial charge in [-0.05, 0) is 111 Å². The van der Waals surface area contributed by atoms with Crippen molar-refractivity contribution in [1.29, 1.82) is 0 Å². The Labute approximate surface area is 242 Å². The second-order valence-electron chi connectivity index (χ2n) is 11.7. The zero-order chi connectivity index (χ0) is 27.4. The van der Waals surface area contributed by atoms with Crippen LogP contribution in [0.25, 0.3) is 0 Å². The molecule has 0 unspecified atom stereocenters. The summed E-state index contributed by atoms with van der Waals surface area (Å²) in [7, 11) is 0. The number of aryl methyl sites for hydroxylation is 2. The van der Waals surface area contributed by atoms with E-state index in [1.54, 1.807) is 0 Å². The average molecular weight is 572 g/mol. The molecule has 1 heterocycles. The monoisotopic (exact) mass is 570 g/mol. The SMILES string of the molecule is C[C@]12CC[C@@H]3c4ccc(OC(=O)CCCc5ccc(N(CCCl)CCCl)cc5)cc4CC[C@H]3[C@@H]1CCC(=O)N2. The van der Waals surface area contributed by atoms with Crippen molar-refractivity contribution in [2.24, 2.45) is 11.8 Å². The van der Waals surface area contributed by atoms with Crippen LogP contribution >= 0.6 is 23.2 Å². The summed E-state index contributed by atoms with van der Waals surface area (Å²) in [6.45, 7) is 3.78. The van der Waals surface area contributed by atoms with Crippen molar-refractivity contribution in [3.05, 3.63) is 59.2 Å². The number of anilines is 1. The molecule has 7 heteroatoms. The number of nitrogens with one attached hydrogen (secondary N) is 1. The standard InChI is InChI=1S/C32H40Cl2N2O3/c1-32-16-15-27-26-12-10-25(21-23(26)7-11-28(27)29(32)13-14-30(37)35-32)39-31(38)4-2-3-22-5-8-24(9-6-22)36(19-17-33)20-18-34/h5-6,8-10,12,21,27-29H,2-4,7,11,13-20H2,1H3,(H,35,37)/t27-,28-,29+,32+/m1/s1. The largest absolute Gasteiger partial charge is 0.427 e. The maximum Gasteiger partial charge on any atom is 0.311 e. The van der Waals surface area contributed by atoms with Crippen molar-refractivity contribution in [3.8, 4) is 5.75 Å². The fraction of sp³-hybridized carbons (Fsp3) is 0.562. The van der Waals surface area contributed by atoms with E-state index >= 15 is 0 Å². The number of nitrogens with zero attached hydrogens (tertiary/aromatic N) is 1. The normalized spacial score (nSPS) is 25.6. The van der Waals surface area contributed by atoms with Crippen molar-refractivity contribution < 1.29 is 14.3 Å². The van der Waals surface area contributed by atoms with E-state index in [1.807, 2.05) is 6.07 Å². The van der Waals surface area contributed by atoms with Crippen LogP contribution in [-0.2, 0) is 22.4 Å². The van der Waals surface area contributed by atoms with Crippen LogP contribution in [0.1, 0.15) is 74.5 Å². The summed E-state index contributed by atoms with van der Waals surface area (Å²) in [6, 6.07) is 14.7. The fourth-order valence-electron chi connectivity index (χ4n) is 7.36. The second-order valence-corrected chi connectivity index (χ2v) is 12.4. The quantitative estimate of drug-likeness (QED) is 0.198. The molecule has 1 amide bonds. The molecule has 3 aliphatic rings. The minimum atomic E-state index is -0.179. The maximum absolute atomic E-state index is 12.6. The van der Waals surface area contributed by atoms with E-state index in [0.29, 0.717) is 48.1 Å². The first-order valence-corrected chi connectivity index (χ1v) is 15.6. The molecule has 1 saturated carbocycles. The molecule has 2 aliphatic carbocycles. The summed E-state index contributed by atoms with van der Waals surface area (Å²) in [5.41, 5.74) is 5.01. The molecule has 5 nitrogen and oxygen atoms in total. The Kier molecular flexibility index (Phi) is 9.08. The van der Waals surface area contributed by atoms with Gasteiger partial charge in [-0.3, -0.25) is 9.59 Å². The van der Waals surface area contributed by atoms with Gasteiger partial charge >= 0.3 is 5.97 Å². The molecule has 2 aromatic carbocycles. The number of carbonyl (C=O) groups excluding carboxylic acids is 2. The predicted molar refractivity (Wildman–Crippen MR) is 158 cm³/mol. The number of carbonyl (C=O) groups is 2. The van der Waals surface area contributed by atoms with Crippen LogP contribution in [0.2, 0.25) is 0 Å². The lowest BCUT2D eigenvalue weighted by molar-refractivity contribution is -0.134. The Hall–Kier alpha value is -2.24. The van der Waals surface area contributed by atoms with Gasteiger partial charge in [0, 0.05) is 48.9 Å². The van der Waals surface area contributed by atoms with Crippen LogP contribution in [0.3, 0.4) is 0 Å². The van der Waals surface area contributed by atoms with E-state index in [1.165, 1.54) is 16.7 Å². The van der Waals surface area contributed by atoms with E-state index in [2.05, 4.69) is 53.5 Å². The Bertz CT molecular complexity index is 1160. The van der Waals surface area contributed by atoms with Crippen molar-refractivity contribution in [1.82, 2.24) is 5.32 Å². The smallest absolute Gasteiger partial charge is 0.311 e. The van der Waals surface area contributed by atoms with Crippen molar-refractivity contribution in [3.63, 3.8) is 0 Å². The van der Waals surface area contributed by atoms with Gasteiger partial charge in [0.1, 0.15) is 5.75 Å². The molecule has 0 radical (unpaired) electrons. The van der Waals surface area contributed by atoms with Gasteiger partial charge in [-0.25, -0.2) is 0 Å². The van der Waals surface area contributed by atoms with Crippen LogP contribution in [0.4, 0.5) is 5.69 Å². The Morgan fingerprint density at radius 2 is 1.82 bits per heavy atom. The number of fused-ring (bicyclic) bond motifs is 5. The fourth-order valence-corrected chi connectivity index (χ4v) is 7.77. The number of piperidine rings is 1. The summed E-state index contributed by atoms with van der Waals surface area (Å²) in [5.74, 6) is 3.51. The van der Waals surface area contributed by atoms with Gasteiger partial charge in [0.2, 0.25) is 5.91 Å². The highest BCUT2D eigenvalue weighted by molar-refractivity contribution is 6.18. The molecule has 5 rings (SSSR count). The molecular weight excluding hydrogens is 531 g/mol. The van der Waals surface area contributed by atoms with E-state index in [9.17, 15) is 9.59 Å². The number of halogens is 2. The number of esters is 1. The van der Waals surface area contributed by atoms with Gasteiger partial charge in [-0.2, -0.15) is 0 Å². The molecule has 0 aromatic heterocycles. The highest BCUT2D eigenvalue weighted by Gasteiger charge is 2.50. The summed E-state index contributed by atoms with van der Waals surface area (Å²) in [4.78, 5) is 26.9. The van der Waals surface area contributed by atoms with Crippen LogP contribution in [-0.4, -0.2) is 42.3 Å². The van der Waals surface area contributed by atoms with Gasteiger partial charge in [-0.15, -0.1) is 23.2 Å². The first-order valence-electron chi connectivity index (χ1n) is 14.5. The molecule has 2 fully saturated rings. The average Bonchev–Trinajstić information content (AvgIpc) is 2.92. The Morgan fingerprint density at radius 3 is 2.56 bits per heavy atom. The third-order valence-electron chi connectivity index (χ3n) is 9.28.